The summed E-state index contributed by atoms with van der Waals surface area (Å²) < 4.78 is 46.2. The third-order valence-corrected chi connectivity index (χ3v) is 6.48. The van der Waals surface area contributed by atoms with E-state index >= 15 is 0 Å². The van der Waals surface area contributed by atoms with Gasteiger partial charge in [-0.1, -0.05) is 18.2 Å². The van der Waals surface area contributed by atoms with Crippen LogP contribution in [0.2, 0.25) is 0 Å². The van der Waals surface area contributed by atoms with Gasteiger partial charge in [0.25, 0.3) is 0 Å². The smallest absolute Gasteiger partial charge is 0.339 e. The van der Waals surface area contributed by atoms with Gasteiger partial charge >= 0.3 is 16.1 Å². The second kappa shape index (κ2) is 9.50. The number of halogens is 1. The van der Waals surface area contributed by atoms with Crippen LogP contribution in [0.15, 0.2) is 90.3 Å². The van der Waals surface area contributed by atoms with E-state index in [1.54, 1.807) is 59.7 Å². The highest BCUT2D eigenvalue weighted by atomic mass is 32.2. The third-order valence-electron chi connectivity index (χ3n) is 5.22. The normalized spacial score (nSPS) is 11.4. The van der Waals surface area contributed by atoms with Gasteiger partial charge in [0.1, 0.15) is 16.5 Å². The lowest BCUT2D eigenvalue weighted by Gasteiger charge is -2.08. The van der Waals surface area contributed by atoms with Crippen LogP contribution in [-0.2, 0) is 16.7 Å². The third kappa shape index (κ3) is 5.03. The Morgan fingerprint density at radius 3 is 2.64 bits per heavy atom. The van der Waals surface area contributed by atoms with Crippen molar-refractivity contribution in [3.63, 3.8) is 0 Å². The van der Waals surface area contributed by atoms with Crippen molar-refractivity contribution in [3.05, 3.63) is 96.8 Å². The predicted molar refractivity (Wildman–Crippen MR) is 130 cm³/mol. The maximum atomic E-state index is 13.7. The Morgan fingerprint density at radius 2 is 1.89 bits per heavy atom. The summed E-state index contributed by atoms with van der Waals surface area (Å²) in [6.45, 7) is -0.00210. The SMILES string of the molecule is O=C(NCc1ccccc1F)Nc1nc2cc(OS(=O)(=O)c3ccc(-n4ccnc4)cc3)ccc2[nH]1. The molecule has 2 aromatic heterocycles. The van der Waals surface area contributed by atoms with Crippen LogP contribution in [0.25, 0.3) is 16.7 Å². The van der Waals surface area contributed by atoms with Crippen LogP contribution in [0.4, 0.5) is 15.1 Å². The maximum absolute atomic E-state index is 13.7. The lowest BCUT2D eigenvalue weighted by Crippen LogP contribution is -2.28. The number of nitrogens with one attached hydrogen (secondary N) is 3. The number of aromatic nitrogens is 4. The number of anilines is 1. The minimum absolute atomic E-state index is 0.00210. The van der Waals surface area contributed by atoms with Crippen molar-refractivity contribution in [2.45, 2.75) is 11.4 Å². The van der Waals surface area contributed by atoms with Gasteiger partial charge in [-0.3, -0.25) is 5.32 Å². The lowest BCUT2D eigenvalue weighted by atomic mass is 10.2. The maximum Gasteiger partial charge on any atom is 0.339 e. The average molecular weight is 507 g/mol. The van der Waals surface area contributed by atoms with Crippen LogP contribution in [0, 0.1) is 5.82 Å². The fourth-order valence-corrected chi connectivity index (χ4v) is 4.36. The number of aromatic amines is 1. The first-order valence-corrected chi connectivity index (χ1v) is 12.1. The number of carbonyl (C=O) groups is 1. The molecule has 0 saturated heterocycles. The summed E-state index contributed by atoms with van der Waals surface area (Å²) in [7, 11) is -4.09. The molecule has 0 bridgehead atoms. The summed E-state index contributed by atoms with van der Waals surface area (Å²) in [5, 5.41) is 5.07. The van der Waals surface area contributed by atoms with Crippen molar-refractivity contribution in [2.75, 3.05) is 5.32 Å². The van der Waals surface area contributed by atoms with Gasteiger partial charge in [0.15, 0.2) is 0 Å². The first kappa shape index (κ1) is 23.1. The van der Waals surface area contributed by atoms with E-state index in [0.29, 0.717) is 16.6 Å². The standard InChI is InChI=1S/C24H19FN6O4S/c25-20-4-2-1-3-16(20)14-27-24(32)30-23-28-21-10-7-18(13-22(21)29-23)35-36(33,34)19-8-5-17(6-9-19)31-12-11-26-15-31/h1-13,15H,14H2,(H3,27,28,29,30,32). The van der Waals surface area contributed by atoms with E-state index in [4.69, 9.17) is 4.18 Å². The van der Waals surface area contributed by atoms with Crippen molar-refractivity contribution < 1.29 is 21.8 Å². The summed E-state index contributed by atoms with van der Waals surface area (Å²) in [6, 6.07) is 16.2. The molecule has 0 fully saturated rings. The molecule has 2 heterocycles. The van der Waals surface area contributed by atoms with E-state index < -0.39 is 22.0 Å². The van der Waals surface area contributed by atoms with Crippen molar-refractivity contribution in [1.82, 2.24) is 24.8 Å². The average Bonchev–Trinajstić information content (AvgIpc) is 3.53. The van der Waals surface area contributed by atoms with Crippen molar-refractivity contribution >= 4 is 33.1 Å². The molecule has 12 heteroatoms. The molecule has 0 spiro atoms. The molecular formula is C24H19FN6O4S. The van der Waals surface area contributed by atoms with Gasteiger partial charge in [0.05, 0.1) is 17.4 Å². The summed E-state index contributed by atoms with van der Waals surface area (Å²) in [5.74, 6) is -0.229. The molecule has 3 aromatic carbocycles. The Bertz CT molecular complexity index is 1630. The molecule has 0 aliphatic heterocycles. The van der Waals surface area contributed by atoms with E-state index in [0.717, 1.165) is 5.69 Å². The number of hydrogen-bond acceptors (Lipinski definition) is 6. The number of rotatable bonds is 7. The van der Waals surface area contributed by atoms with Crippen molar-refractivity contribution in [3.8, 4) is 11.4 Å². The van der Waals surface area contributed by atoms with Crippen molar-refractivity contribution in [1.29, 1.82) is 0 Å². The topological polar surface area (TPSA) is 131 Å². The minimum Gasteiger partial charge on any atom is -0.379 e. The van der Waals surface area contributed by atoms with Gasteiger partial charge in [-0.25, -0.2) is 19.2 Å². The summed E-state index contributed by atoms with van der Waals surface area (Å²) in [6.07, 6.45) is 4.97. The molecule has 5 aromatic rings. The molecule has 0 radical (unpaired) electrons. The molecule has 0 aliphatic carbocycles. The van der Waals surface area contributed by atoms with E-state index in [2.05, 4.69) is 25.6 Å². The van der Waals surface area contributed by atoms with E-state index in [9.17, 15) is 17.6 Å². The summed E-state index contributed by atoms with van der Waals surface area (Å²) in [5.41, 5.74) is 2.02. The van der Waals surface area contributed by atoms with Gasteiger partial charge in [-0.05, 0) is 42.5 Å². The fourth-order valence-electron chi connectivity index (χ4n) is 3.44. The second-order valence-electron chi connectivity index (χ2n) is 7.66. The predicted octanol–water partition coefficient (Wildman–Crippen LogP) is 3.98. The minimum atomic E-state index is -4.09. The lowest BCUT2D eigenvalue weighted by molar-refractivity contribution is 0.251. The molecule has 10 nitrogen and oxygen atoms in total. The Hall–Kier alpha value is -4.71. The number of amides is 2. The summed E-state index contributed by atoms with van der Waals surface area (Å²) in [4.78, 5) is 23.3. The highest BCUT2D eigenvalue weighted by molar-refractivity contribution is 7.87. The molecule has 0 unspecified atom stereocenters. The molecule has 0 atom stereocenters. The van der Waals surface area contributed by atoms with Crippen LogP contribution in [0.5, 0.6) is 5.75 Å². The van der Waals surface area contributed by atoms with E-state index in [1.807, 2.05) is 0 Å². The summed E-state index contributed by atoms with van der Waals surface area (Å²) >= 11 is 0. The first-order valence-electron chi connectivity index (χ1n) is 10.7. The number of imidazole rings is 2. The number of nitrogens with zero attached hydrogens (tertiary/aromatic N) is 3. The number of benzene rings is 3. The molecule has 5 rings (SSSR count). The highest BCUT2D eigenvalue weighted by Gasteiger charge is 2.18. The largest absolute Gasteiger partial charge is 0.379 e. The Labute approximate surface area is 204 Å². The second-order valence-corrected chi connectivity index (χ2v) is 9.21. The Kier molecular flexibility index (Phi) is 6.09. The number of hydrogen-bond donors (Lipinski definition) is 3. The van der Waals surface area contributed by atoms with Gasteiger partial charge in [-0.15, -0.1) is 0 Å². The molecular weight excluding hydrogens is 487 g/mol. The highest BCUT2D eigenvalue weighted by Crippen LogP contribution is 2.24. The van der Waals surface area contributed by atoms with Crippen LogP contribution < -0.4 is 14.8 Å². The van der Waals surface area contributed by atoms with Crippen LogP contribution in [-0.4, -0.2) is 34.0 Å². The molecule has 182 valence electrons. The Balaban J connectivity index is 1.25. The van der Waals surface area contributed by atoms with Gasteiger partial charge < -0.3 is 19.1 Å². The van der Waals surface area contributed by atoms with Crippen LogP contribution in [0.3, 0.4) is 0 Å². The number of fused-ring (bicyclic) bond motifs is 1. The number of H-pyrrole nitrogens is 1. The fraction of sp³-hybridized carbons (Fsp3) is 0.0417. The van der Waals surface area contributed by atoms with E-state index in [1.165, 1.54) is 30.3 Å². The van der Waals surface area contributed by atoms with E-state index in [-0.39, 0.29) is 23.1 Å². The molecule has 2 amide bonds. The zero-order valence-electron chi connectivity index (χ0n) is 18.6. The zero-order valence-corrected chi connectivity index (χ0v) is 19.4. The zero-order chi connectivity index (χ0) is 25.1. The van der Waals surface area contributed by atoms with Gasteiger partial charge in [0.2, 0.25) is 5.95 Å². The molecule has 0 saturated carbocycles. The molecule has 36 heavy (non-hydrogen) atoms. The van der Waals surface area contributed by atoms with Gasteiger partial charge in [-0.2, -0.15) is 8.42 Å². The monoisotopic (exact) mass is 506 g/mol. The quantitative estimate of drug-likeness (QED) is 0.286. The first-order chi connectivity index (χ1) is 17.4. The van der Waals surface area contributed by atoms with Crippen LogP contribution >= 0.6 is 0 Å². The van der Waals surface area contributed by atoms with Crippen molar-refractivity contribution in [2.24, 2.45) is 0 Å². The number of urea groups is 1. The van der Waals surface area contributed by atoms with Crippen LogP contribution in [0.1, 0.15) is 5.56 Å². The number of carbonyl (C=O) groups excluding carboxylic acids is 1. The molecule has 3 N–H and O–H groups in total. The van der Waals surface area contributed by atoms with Gasteiger partial charge in [0, 0.05) is 36.3 Å². The molecule has 0 aliphatic rings. The Morgan fingerprint density at radius 1 is 1.08 bits per heavy atom.